The van der Waals surface area contributed by atoms with Gasteiger partial charge in [0.15, 0.2) is 5.82 Å². The van der Waals surface area contributed by atoms with E-state index in [1.807, 2.05) is 39.0 Å². The lowest BCUT2D eigenvalue weighted by Crippen LogP contribution is -2.33. The number of nitrogens with zero attached hydrogens (tertiary/aromatic N) is 5. The zero-order valence-electron chi connectivity index (χ0n) is 17.3. The van der Waals surface area contributed by atoms with Gasteiger partial charge in [-0.3, -0.25) is 14.7 Å². The molecule has 4 rings (SSSR count). The van der Waals surface area contributed by atoms with Crippen LogP contribution in [0, 0.1) is 6.92 Å². The maximum atomic E-state index is 13.3. The van der Waals surface area contributed by atoms with Gasteiger partial charge in [-0.2, -0.15) is 0 Å². The summed E-state index contributed by atoms with van der Waals surface area (Å²) in [5.74, 6) is 1.14. The number of aliphatic hydroxyl groups is 1. The number of carbonyl (C=O) groups is 1. The number of anilines is 2. The monoisotopic (exact) mass is 404 g/mol. The molecule has 0 saturated heterocycles. The van der Waals surface area contributed by atoms with Crippen LogP contribution in [-0.2, 0) is 16.8 Å². The van der Waals surface area contributed by atoms with E-state index < -0.39 is 5.41 Å². The second kappa shape index (κ2) is 7.89. The smallest absolute Gasteiger partial charge is 0.242 e. The van der Waals surface area contributed by atoms with Crippen molar-refractivity contribution in [2.24, 2.45) is 0 Å². The molecule has 8 nitrogen and oxygen atoms in total. The van der Waals surface area contributed by atoms with Crippen LogP contribution in [0.2, 0.25) is 0 Å². The Balaban J connectivity index is 1.76. The van der Waals surface area contributed by atoms with E-state index in [1.54, 1.807) is 29.7 Å². The summed E-state index contributed by atoms with van der Waals surface area (Å²) < 4.78 is 0. The second-order valence-electron chi connectivity index (χ2n) is 7.79. The van der Waals surface area contributed by atoms with Gasteiger partial charge < -0.3 is 10.4 Å². The van der Waals surface area contributed by atoms with Crippen molar-refractivity contribution >= 4 is 17.4 Å². The molecule has 0 fully saturated rings. The fraction of sp³-hybridized carbons (Fsp3) is 0.318. The van der Waals surface area contributed by atoms with Crippen LogP contribution in [0.3, 0.4) is 0 Å². The summed E-state index contributed by atoms with van der Waals surface area (Å²) in [7, 11) is 0. The lowest BCUT2D eigenvalue weighted by Gasteiger charge is -2.20. The van der Waals surface area contributed by atoms with Crippen molar-refractivity contribution in [1.29, 1.82) is 0 Å². The SMILES string of the molecule is Cc1ncc(-c2ccc3c(c2)N(c2cncc(CNCCO)n2)C(=O)C3(C)C)cn1. The van der Waals surface area contributed by atoms with E-state index in [4.69, 9.17) is 5.11 Å². The van der Waals surface area contributed by atoms with E-state index in [1.165, 1.54) is 0 Å². The third-order valence-electron chi connectivity index (χ3n) is 5.26. The summed E-state index contributed by atoms with van der Waals surface area (Å²) in [6.45, 7) is 6.65. The molecule has 1 aliphatic rings. The Labute approximate surface area is 175 Å². The lowest BCUT2D eigenvalue weighted by molar-refractivity contribution is -0.121. The summed E-state index contributed by atoms with van der Waals surface area (Å²) in [5, 5.41) is 12.0. The summed E-state index contributed by atoms with van der Waals surface area (Å²) in [4.78, 5) is 32.4. The third kappa shape index (κ3) is 3.55. The Morgan fingerprint density at radius 2 is 1.87 bits per heavy atom. The highest BCUT2D eigenvalue weighted by atomic mass is 16.3. The topological polar surface area (TPSA) is 104 Å². The quantitative estimate of drug-likeness (QED) is 0.607. The number of aryl methyl sites for hydroxylation is 1. The number of rotatable bonds is 6. The molecule has 1 aliphatic heterocycles. The first-order valence-electron chi connectivity index (χ1n) is 9.82. The molecule has 0 atom stereocenters. The molecule has 8 heteroatoms. The Morgan fingerprint density at radius 1 is 1.10 bits per heavy atom. The van der Waals surface area contributed by atoms with Crippen molar-refractivity contribution in [2.75, 3.05) is 18.1 Å². The van der Waals surface area contributed by atoms with E-state index in [-0.39, 0.29) is 12.5 Å². The number of aromatic nitrogens is 4. The average molecular weight is 404 g/mol. The number of carbonyl (C=O) groups excluding carboxylic acids is 1. The minimum atomic E-state index is -0.676. The molecule has 0 aliphatic carbocycles. The molecular weight excluding hydrogens is 380 g/mol. The van der Waals surface area contributed by atoms with Gasteiger partial charge in [-0.25, -0.2) is 15.0 Å². The van der Waals surface area contributed by atoms with Crippen LogP contribution in [0.5, 0.6) is 0 Å². The summed E-state index contributed by atoms with van der Waals surface area (Å²) in [5.41, 5.74) is 3.56. The Morgan fingerprint density at radius 3 is 2.60 bits per heavy atom. The second-order valence-corrected chi connectivity index (χ2v) is 7.79. The predicted octanol–water partition coefficient (Wildman–Crippen LogP) is 2.28. The summed E-state index contributed by atoms with van der Waals surface area (Å²) >= 11 is 0. The first kappa shape index (κ1) is 20.1. The number of amides is 1. The molecule has 2 aromatic heterocycles. The fourth-order valence-electron chi connectivity index (χ4n) is 3.58. The van der Waals surface area contributed by atoms with E-state index in [0.29, 0.717) is 30.4 Å². The Bertz CT molecular complexity index is 1080. The number of hydrogen-bond donors (Lipinski definition) is 2. The number of aliphatic hydroxyl groups excluding tert-OH is 1. The van der Waals surface area contributed by atoms with Crippen molar-refractivity contribution in [2.45, 2.75) is 32.7 Å². The minimum Gasteiger partial charge on any atom is -0.395 e. The third-order valence-corrected chi connectivity index (χ3v) is 5.26. The van der Waals surface area contributed by atoms with Crippen LogP contribution in [0.4, 0.5) is 11.5 Å². The van der Waals surface area contributed by atoms with E-state index >= 15 is 0 Å². The van der Waals surface area contributed by atoms with Crippen molar-refractivity contribution in [3.05, 3.63) is 60.1 Å². The molecule has 0 spiro atoms. The number of hydrogen-bond acceptors (Lipinski definition) is 7. The highest BCUT2D eigenvalue weighted by Crippen LogP contribution is 2.46. The highest BCUT2D eigenvalue weighted by Gasteiger charge is 2.45. The molecule has 0 unspecified atom stereocenters. The molecule has 154 valence electrons. The lowest BCUT2D eigenvalue weighted by atomic mass is 9.85. The number of nitrogens with one attached hydrogen (secondary N) is 1. The standard InChI is InChI=1S/C22H24N6O2/c1-14-25-9-16(10-26-14)15-4-5-18-19(8-15)28(21(30)22(18,2)3)20-13-24-12-17(27-20)11-23-6-7-29/h4-5,8-10,12-13,23,29H,6-7,11H2,1-3H3. The largest absolute Gasteiger partial charge is 0.395 e. The molecular formula is C22H24N6O2. The molecule has 30 heavy (non-hydrogen) atoms. The first-order chi connectivity index (χ1) is 14.4. The maximum absolute atomic E-state index is 13.3. The Hall–Kier alpha value is -3.23. The van der Waals surface area contributed by atoms with Gasteiger partial charge in [-0.1, -0.05) is 12.1 Å². The van der Waals surface area contributed by atoms with Gasteiger partial charge in [-0.15, -0.1) is 0 Å². The van der Waals surface area contributed by atoms with Gasteiger partial charge >= 0.3 is 0 Å². The molecule has 0 bridgehead atoms. The Kier molecular flexibility index (Phi) is 5.27. The van der Waals surface area contributed by atoms with E-state index in [9.17, 15) is 4.79 Å². The van der Waals surface area contributed by atoms with Crippen LogP contribution >= 0.6 is 0 Å². The van der Waals surface area contributed by atoms with E-state index in [2.05, 4.69) is 25.3 Å². The van der Waals surface area contributed by atoms with Gasteiger partial charge in [0, 0.05) is 37.2 Å². The van der Waals surface area contributed by atoms with E-state index in [0.717, 1.165) is 22.4 Å². The van der Waals surface area contributed by atoms with Crippen LogP contribution in [0.25, 0.3) is 11.1 Å². The molecule has 1 amide bonds. The molecule has 3 aromatic rings. The zero-order chi connectivity index (χ0) is 21.3. The van der Waals surface area contributed by atoms with Crippen LogP contribution < -0.4 is 10.2 Å². The number of fused-ring (bicyclic) bond motifs is 1. The minimum absolute atomic E-state index is 0.0464. The number of benzene rings is 1. The maximum Gasteiger partial charge on any atom is 0.242 e. The average Bonchev–Trinajstić information content (AvgIpc) is 2.94. The molecule has 2 N–H and O–H groups in total. The van der Waals surface area contributed by atoms with Crippen molar-refractivity contribution in [3.63, 3.8) is 0 Å². The molecule has 3 heterocycles. The van der Waals surface area contributed by atoms with Crippen LogP contribution in [-0.4, -0.2) is 44.1 Å². The molecule has 0 saturated carbocycles. The molecule has 0 radical (unpaired) electrons. The summed E-state index contributed by atoms with van der Waals surface area (Å²) in [6.07, 6.45) is 6.81. The van der Waals surface area contributed by atoms with Crippen LogP contribution in [0.1, 0.15) is 30.9 Å². The van der Waals surface area contributed by atoms with Crippen molar-refractivity contribution < 1.29 is 9.90 Å². The zero-order valence-corrected chi connectivity index (χ0v) is 17.3. The van der Waals surface area contributed by atoms with Crippen molar-refractivity contribution in [3.8, 4) is 11.1 Å². The van der Waals surface area contributed by atoms with Gasteiger partial charge in [0.2, 0.25) is 5.91 Å². The van der Waals surface area contributed by atoms with Gasteiger partial charge in [-0.05, 0) is 38.0 Å². The van der Waals surface area contributed by atoms with Crippen LogP contribution in [0.15, 0.2) is 43.0 Å². The van der Waals surface area contributed by atoms with Gasteiger partial charge in [0.25, 0.3) is 0 Å². The first-order valence-corrected chi connectivity index (χ1v) is 9.82. The highest BCUT2D eigenvalue weighted by molar-refractivity contribution is 6.12. The van der Waals surface area contributed by atoms with Gasteiger partial charge in [0.05, 0.1) is 29.6 Å². The molecule has 1 aromatic carbocycles. The van der Waals surface area contributed by atoms with Gasteiger partial charge in [0.1, 0.15) is 5.82 Å². The predicted molar refractivity (Wildman–Crippen MR) is 113 cm³/mol. The normalized spacial score (nSPS) is 14.8. The fourth-order valence-corrected chi connectivity index (χ4v) is 3.58. The summed E-state index contributed by atoms with van der Waals surface area (Å²) in [6, 6.07) is 5.96. The van der Waals surface area contributed by atoms with Crippen molar-refractivity contribution in [1.82, 2.24) is 25.3 Å².